The zero-order valence-corrected chi connectivity index (χ0v) is 15.6. The maximum Gasteiger partial charge on any atom is 0.338 e. The van der Waals surface area contributed by atoms with Gasteiger partial charge < -0.3 is 9.47 Å². The van der Waals surface area contributed by atoms with Gasteiger partial charge in [-0.15, -0.1) is 0 Å². The molecule has 0 saturated heterocycles. The second-order valence-electron chi connectivity index (χ2n) is 6.13. The molecule has 0 radical (unpaired) electrons. The van der Waals surface area contributed by atoms with Crippen molar-refractivity contribution < 1.29 is 14.3 Å². The van der Waals surface area contributed by atoms with Crippen LogP contribution in [0.4, 0.5) is 0 Å². The van der Waals surface area contributed by atoms with Crippen LogP contribution in [-0.4, -0.2) is 34.2 Å². The predicted octanol–water partition coefficient (Wildman–Crippen LogP) is 4.27. The van der Waals surface area contributed by atoms with Crippen LogP contribution in [0.2, 0.25) is 0 Å². The summed E-state index contributed by atoms with van der Waals surface area (Å²) in [6.07, 6.45) is 3.46. The van der Waals surface area contributed by atoms with Crippen molar-refractivity contribution in [3.63, 3.8) is 0 Å². The molecule has 28 heavy (non-hydrogen) atoms. The number of hydrogen-bond acceptors (Lipinski definition) is 5. The lowest BCUT2D eigenvalue weighted by atomic mass is 10.2. The predicted molar refractivity (Wildman–Crippen MR) is 107 cm³/mol. The van der Waals surface area contributed by atoms with Gasteiger partial charge in [-0.2, -0.15) is 0 Å². The van der Waals surface area contributed by atoms with E-state index in [1.807, 2.05) is 53.1 Å². The molecule has 0 aliphatic carbocycles. The smallest absolute Gasteiger partial charge is 0.338 e. The number of benzene rings is 2. The van der Waals surface area contributed by atoms with E-state index in [1.54, 1.807) is 32.5 Å². The number of hydrogen-bond donors (Lipinski definition) is 0. The van der Waals surface area contributed by atoms with Crippen LogP contribution in [0.25, 0.3) is 28.1 Å². The van der Waals surface area contributed by atoms with Crippen LogP contribution in [-0.2, 0) is 4.74 Å². The van der Waals surface area contributed by atoms with Crippen molar-refractivity contribution in [3.05, 3.63) is 72.6 Å². The van der Waals surface area contributed by atoms with Gasteiger partial charge in [0.2, 0.25) is 0 Å². The highest BCUT2D eigenvalue weighted by Crippen LogP contribution is 2.30. The van der Waals surface area contributed by atoms with Crippen molar-refractivity contribution in [3.8, 4) is 22.8 Å². The molecule has 6 heteroatoms. The van der Waals surface area contributed by atoms with Gasteiger partial charge in [-0.1, -0.05) is 6.07 Å². The van der Waals surface area contributed by atoms with Crippen LogP contribution < -0.4 is 4.74 Å². The first-order valence-electron chi connectivity index (χ1n) is 8.95. The Morgan fingerprint density at radius 2 is 1.89 bits per heavy atom. The van der Waals surface area contributed by atoms with Gasteiger partial charge in [0.25, 0.3) is 0 Å². The maximum absolute atomic E-state index is 12.2. The second-order valence-corrected chi connectivity index (χ2v) is 6.13. The number of carbonyl (C=O) groups is 1. The quantitative estimate of drug-likeness (QED) is 0.489. The van der Waals surface area contributed by atoms with E-state index in [4.69, 9.17) is 14.5 Å². The zero-order chi connectivity index (χ0) is 19.5. The van der Waals surface area contributed by atoms with Gasteiger partial charge in [-0.05, 0) is 49.4 Å². The van der Waals surface area contributed by atoms with Crippen molar-refractivity contribution in [1.82, 2.24) is 14.5 Å². The Hall–Kier alpha value is -3.67. The molecule has 0 atom stereocenters. The highest BCUT2D eigenvalue weighted by molar-refractivity contribution is 5.91. The fourth-order valence-corrected chi connectivity index (χ4v) is 3.13. The monoisotopic (exact) mass is 373 g/mol. The molecule has 2 aromatic carbocycles. The minimum absolute atomic E-state index is 0.332. The Bertz CT molecular complexity index is 1140. The van der Waals surface area contributed by atoms with E-state index in [9.17, 15) is 4.79 Å². The van der Waals surface area contributed by atoms with Gasteiger partial charge in [0.15, 0.2) is 0 Å². The standard InChI is InChI=1S/C22H19N3O3/c1-3-28-22(26)16-5-4-6-17(13-16)25-20-8-7-18(27-2)14-19(20)24-21(25)15-9-11-23-12-10-15/h4-14H,3H2,1-2H3. The molecule has 0 spiro atoms. The minimum Gasteiger partial charge on any atom is -0.497 e. The molecule has 0 aliphatic rings. The molecule has 140 valence electrons. The Balaban J connectivity index is 1.95. The molecule has 0 N–H and O–H groups in total. The molecule has 4 rings (SSSR count). The van der Waals surface area contributed by atoms with Gasteiger partial charge in [0.1, 0.15) is 11.6 Å². The lowest BCUT2D eigenvalue weighted by Gasteiger charge is -2.11. The molecule has 6 nitrogen and oxygen atoms in total. The van der Waals surface area contributed by atoms with E-state index >= 15 is 0 Å². The highest BCUT2D eigenvalue weighted by atomic mass is 16.5. The summed E-state index contributed by atoms with van der Waals surface area (Å²) in [6, 6.07) is 16.9. The number of imidazole rings is 1. The molecule has 0 fully saturated rings. The Labute approximate surface area is 162 Å². The summed E-state index contributed by atoms with van der Waals surface area (Å²) in [5.41, 5.74) is 3.95. The third-order valence-electron chi connectivity index (χ3n) is 4.42. The highest BCUT2D eigenvalue weighted by Gasteiger charge is 2.16. The number of rotatable bonds is 5. The van der Waals surface area contributed by atoms with E-state index < -0.39 is 0 Å². The summed E-state index contributed by atoms with van der Waals surface area (Å²) < 4.78 is 12.5. The fraction of sp³-hybridized carbons (Fsp3) is 0.136. The Morgan fingerprint density at radius 3 is 2.64 bits per heavy atom. The van der Waals surface area contributed by atoms with Crippen LogP contribution in [0, 0.1) is 0 Å². The van der Waals surface area contributed by atoms with E-state index in [2.05, 4.69) is 4.98 Å². The zero-order valence-electron chi connectivity index (χ0n) is 15.6. The summed E-state index contributed by atoms with van der Waals surface area (Å²) in [5, 5.41) is 0. The van der Waals surface area contributed by atoms with Crippen molar-refractivity contribution >= 4 is 17.0 Å². The number of methoxy groups -OCH3 is 1. The van der Waals surface area contributed by atoms with Crippen LogP contribution in [0.1, 0.15) is 17.3 Å². The first-order valence-corrected chi connectivity index (χ1v) is 8.95. The number of nitrogens with zero attached hydrogens (tertiary/aromatic N) is 3. The first kappa shape index (κ1) is 17.7. The normalized spacial score (nSPS) is 10.8. The van der Waals surface area contributed by atoms with Gasteiger partial charge in [-0.3, -0.25) is 9.55 Å². The Morgan fingerprint density at radius 1 is 1.07 bits per heavy atom. The maximum atomic E-state index is 12.2. The minimum atomic E-state index is -0.346. The second kappa shape index (κ2) is 7.52. The Kier molecular flexibility index (Phi) is 4.76. The van der Waals surface area contributed by atoms with Gasteiger partial charge >= 0.3 is 5.97 Å². The number of carbonyl (C=O) groups excluding carboxylic acids is 1. The first-order chi connectivity index (χ1) is 13.7. The van der Waals surface area contributed by atoms with Crippen LogP contribution in [0.15, 0.2) is 67.0 Å². The summed E-state index contributed by atoms with van der Waals surface area (Å²) in [7, 11) is 1.63. The number of fused-ring (bicyclic) bond motifs is 1. The van der Waals surface area contributed by atoms with E-state index in [-0.39, 0.29) is 5.97 Å². The van der Waals surface area contributed by atoms with Crippen molar-refractivity contribution in [2.24, 2.45) is 0 Å². The molecule has 0 bridgehead atoms. The van der Waals surface area contributed by atoms with Gasteiger partial charge in [0.05, 0.1) is 30.3 Å². The molecule has 0 saturated carbocycles. The summed E-state index contributed by atoms with van der Waals surface area (Å²) in [5.74, 6) is 1.14. The lowest BCUT2D eigenvalue weighted by Crippen LogP contribution is -2.06. The molecule has 2 heterocycles. The van der Waals surface area contributed by atoms with E-state index in [0.717, 1.165) is 33.9 Å². The van der Waals surface area contributed by atoms with Gasteiger partial charge in [-0.25, -0.2) is 9.78 Å². The molecule has 0 aliphatic heterocycles. The fourth-order valence-electron chi connectivity index (χ4n) is 3.13. The average molecular weight is 373 g/mol. The number of esters is 1. The summed E-state index contributed by atoms with van der Waals surface area (Å²) >= 11 is 0. The topological polar surface area (TPSA) is 66.2 Å². The number of pyridine rings is 1. The lowest BCUT2D eigenvalue weighted by molar-refractivity contribution is 0.0526. The third-order valence-corrected chi connectivity index (χ3v) is 4.42. The summed E-state index contributed by atoms with van der Waals surface area (Å²) in [6.45, 7) is 2.12. The van der Waals surface area contributed by atoms with Crippen molar-refractivity contribution in [2.75, 3.05) is 13.7 Å². The largest absolute Gasteiger partial charge is 0.497 e. The third kappa shape index (κ3) is 3.20. The van der Waals surface area contributed by atoms with E-state index in [0.29, 0.717) is 12.2 Å². The van der Waals surface area contributed by atoms with Crippen LogP contribution in [0.3, 0.4) is 0 Å². The van der Waals surface area contributed by atoms with Crippen molar-refractivity contribution in [2.45, 2.75) is 6.92 Å². The van der Waals surface area contributed by atoms with E-state index in [1.165, 1.54) is 0 Å². The van der Waals surface area contributed by atoms with Crippen molar-refractivity contribution in [1.29, 1.82) is 0 Å². The van der Waals surface area contributed by atoms with Crippen LogP contribution in [0.5, 0.6) is 5.75 Å². The molecule has 4 aromatic rings. The number of ether oxygens (including phenoxy) is 2. The molecule has 2 aromatic heterocycles. The molecular formula is C22H19N3O3. The van der Waals surface area contributed by atoms with Crippen LogP contribution >= 0.6 is 0 Å². The molecule has 0 unspecified atom stereocenters. The SMILES string of the molecule is CCOC(=O)c1cccc(-n2c(-c3ccncc3)nc3cc(OC)ccc32)c1. The van der Waals surface area contributed by atoms with Gasteiger partial charge in [0, 0.05) is 29.7 Å². The average Bonchev–Trinajstić information content (AvgIpc) is 3.13. The molecular weight excluding hydrogens is 354 g/mol. The molecule has 0 amide bonds. The number of aromatic nitrogens is 3. The summed E-state index contributed by atoms with van der Waals surface area (Å²) in [4.78, 5) is 21.1.